The molecular formula is C28H23N3O3. The molecule has 3 aliphatic rings. The van der Waals surface area contributed by atoms with Crippen molar-refractivity contribution < 1.29 is 14.4 Å². The molecule has 3 aliphatic heterocycles. The number of anilines is 2. The van der Waals surface area contributed by atoms with E-state index in [9.17, 15) is 14.4 Å². The summed E-state index contributed by atoms with van der Waals surface area (Å²) in [5, 5.41) is 3.02. The van der Waals surface area contributed by atoms with Gasteiger partial charge in [0.25, 0.3) is 0 Å². The molecule has 1 N–H and O–H groups in total. The van der Waals surface area contributed by atoms with Crippen molar-refractivity contribution in [1.82, 2.24) is 4.98 Å². The first-order chi connectivity index (χ1) is 16.4. The summed E-state index contributed by atoms with van der Waals surface area (Å²) in [7, 11) is 0. The topological polar surface area (TPSA) is 79.4 Å². The number of nitrogens with zero attached hydrogens (tertiary/aromatic N) is 2. The number of aromatic nitrogens is 1. The van der Waals surface area contributed by atoms with E-state index in [0.29, 0.717) is 11.3 Å². The SMILES string of the molecule is CC(=O)[C@@H]1[C@@H](C(=O)c2ccncc2)[C@]2(C(=O)Nc3ccccc32)[C@H]2C=Cc3cc(C)ccc3N12. The van der Waals surface area contributed by atoms with Crippen molar-refractivity contribution >= 4 is 34.9 Å². The molecule has 6 rings (SSSR count). The van der Waals surface area contributed by atoms with Crippen molar-refractivity contribution in [3.8, 4) is 0 Å². The number of amides is 1. The van der Waals surface area contributed by atoms with Gasteiger partial charge in [-0.05, 0) is 55.3 Å². The number of pyridine rings is 1. The second-order valence-corrected chi connectivity index (χ2v) is 9.28. The largest absolute Gasteiger partial charge is 0.352 e. The third kappa shape index (κ3) is 2.56. The molecule has 0 bridgehead atoms. The van der Waals surface area contributed by atoms with E-state index in [1.165, 1.54) is 6.92 Å². The maximum absolute atomic E-state index is 14.2. The van der Waals surface area contributed by atoms with E-state index in [2.05, 4.69) is 16.4 Å². The van der Waals surface area contributed by atoms with Crippen LogP contribution >= 0.6 is 0 Å². The zero-order chi connectivity index (χ0) is 23.6. The highest BCUT2D eigenvalue weighted by atomic mass is 16.2. The third-order valence-corrected chi connectivity index (χ3v) is 7.45. The fraction of sp³-hybridized carbons (Fsp3) is 0.214. The van der Waals surface area contributed by atoms with E-state index in [1.807, 2.05) is 60.4 Å². The number of ketones is 2. The van der Waals surface area contributed by atoms with E-state index >= 15 is 0 Å². The summed E-state index contributed by atoms with van der Waals surface area (Å²) in [5.74, 6) is -1.53. The van der Waals surface area contributed by atoms with Crippen LogP contribution in [0.5, 0.6) is 0 Å². The van der Waals surface area contributed by atoms with E-state index < -0.39 is 23.4 Å². The Morgan fingerprint density at radius 1 is 1.06 bits per heavy atom. The van der Waals surface area contributed by atoms with Crippen LogP contribution in [-0.4, -0.2) is 34.5 Å². The Hall–Kier alpha value is -4.06. The van der Waals surface area contributed by atoms with Gasteiger partial charge in [-0.2, -0.15) is 0 Å². The molecule has 6 nitrogen and oxygen atoms in total. The molecule has 2 aromatic carbocycles. The van der Waals surface area contributed by atoms with Crippen LogP contribution in [0.15, 0.2) is 73.1 Å². The van der Waals surface area contributed by atoms with Gasteiger partial charge in [0, 0.05) is 29.3 Å². The van der Waals surface area contributed by atoms with Gasteiger partial charge in [0.1, 0.15) is 5.41 Å². The molecule has 1 saturated heterocycles. The highest BCUT2D eigenvalue weighted by Gasteiger charge is 2.69. The van der Waals surface area contributed by atoms with Gasteiger partial charge in [0.15, 0.2) is 11.6 Å². The molecule has 1 spiro atoms. The minimum absolute atomic E-state index is 0.145. The lowest BCUT2D eigenvalue weighted by atomic mass is 9.64. The highest BCUT2D eigenvalue weighted by Crippen LogP contribution is 2.57. The molecule has 3 aromatic rings. The minimum atomic E-state index is -1.24. The van der Waals surface area contributed by atoms with Gasteiger partial charge in [-0.3, -0.25) is 19.4 Å². The summed E-state index contributed by atoms with van der Waals surface area (Å²) in [6.45, 7) is 3.53. The quantitative estimate of drug-likeness (QED) is 0.613. The lowest BCUT2D eigenvalue weighted by Gasteiger charge is -2.37. The number of rotatable bonds is 3. The number of benzene rings is 2. The van der Waals surface area contributed by atoms with Gasteiger partial charge in [-0.25, -0.2) is 0 Å². The van der Waals surface area contributed by atoms with Crippen LogP contribution in [0.3, 0.4) is 0 Å². The van der Waals surface area contributed by atoms with E-state index in [0.717, 1.165) is 22.4 Å². The Kier molecular flexibility index (Phi) is 4.36. The highest BCUT2D eigenvalue weighted by molar-refractivity contribution is 6.16. The molecule has 168 valence electrons. The number of aryl methyl sites for hydroxylation is 1. The van der Waals surface area contributed by atoms with Crippen LogP contribution in [-0.2, 0) is 15.0 Å². The second kappa shape index (κ2) is 7.22. The average Bonchev–Trinajstić information content (AvgIpc) is 3.32. The van der Waals surface area contributed by atoms with Gasteiger partial charge >= 0.3 is 0 Å². The molecule has 0 unspecified atom stereocenters. The normalized spacial score (nSPS) is 26.1. The fourth-order valence-electron chi connectivity index (χ4n) is 6.15. The zero-order valence-electron chi connectivity index (χ0n) is 18.9. The van der Waals surface area contributed by atoms with Crippen LogP contribution < -0.4 is 10.2 Å². The van der Waals surface area contributed by atoms with Crippen LogP contribution in [0.1, 0.15) is 34.0 Å². The van der Waals surface area contributed by atoms with E-state index in [1.54, 1.807) is 24.5 Å². The Balaban J connectivity index is 1.67. The van der Waals surface area contributed by atoms with E-state index in [-0.39, 0.29) is 17.5 Å². The number of nitrogens with one attached hydrogen (secondary N) is 1. The lowest BCUT2D eigenvalue weighted by molar-refractivity contribution is -0.122. The minimum Gasteiger partial charge on any atom is -0.352 e. The maximum atomic E-state index is 14.2. The first-order valence-corrected chi connectivity index (χ1v) is 11.4. The van der Waals surface area contributed by atoms with Gasteiger partial charge in [0.05, 0.1) is 18.0 Å². The molecule has 0 aliphatic carbocycles. The Bertz CT molecular complexity index is 1400. The summed E-state index contributed by atoms with van der Waals surface area (Å²) < 4.78 is 0. The number of fused-ring (bicyclic) bond motifs is 6. The van der Waals surface area contributed by atoms with Crippen molar-refractivity contribution in [2.24, 2.45) is 5.92 Å². The maximum Gasteiger partial charge on any atom is 0.238 e. The van der Waals surface area contributed by atoms with Crippen LogP contribution in [0, 0.1) is 12.8 Å². The summed E-state index contributed by atoms with van der Waals surface area (Å²) in [5.41, 5.74) is 3.57. The second-order valence-electron chi connectivity index (χ2n) is 9.28. The molecule has 4 heterocycles. The molecule has 0 saturated carbocycles. The molecule has 0 radical (unpaired) electrons. The summed E-state index contributed by atoms with van der Waals surface area (Å²) in [6, 6.07) is 15.6. The number of Topliss-reactive ketones (excluding diaryl/α,β-unsaturated/α-hetero) is 2. The molecule has 1 fully saturated rings. The number of carbonyl (C=O) groups is 3. The molecule has 1 amide bonds. The number of carbonyl (C=O) groups excluding carboxylic acids is 3. The van der Waals surface area contributed by atoms with E-state index in [4.69, 9.17) is 0 Å². The van der Waals surface area contributed by atoms with Crippen molar-refractivity contribution in [3.05, 3.63) is 95.3 Å². The van der Waals surface area contributed by atoms with Crippen molar-refractivity contribution in [2.45, 2.75) is 31.3 Å². The van der Waals surface area contributed by atoms with Crippen molar-refractivity contribution in [2.75, 3.05) is 10.2 Å². The molecule has 6 heteroatoms. The van der Waals surface area contributed by atoms with Gasteiger partial charge in [-0.15, -0.1) is 0 Å². The Morgan fingerprint density at radius 2 is 1.82 bits per heavy atom. The van der Waals surface area contributed by atoms with Crippen LogP contribution in [0.25, 0.3) is 6.08 Å². The Morgan fingerprint density at radius 3 is 2.59 bits per heavy atom. The zero-order valence-corrected chi connectivity index (χ0v) is 18.9. The van der Waals surface area contributed by atoms with Crippen molar-refractivity contribution in [1.29, 1.82) is 0 Å². The van der Waals surface area contributed by atoms with Gasteiger partial charge in [0.2, 0.25) is 5.91 Å². The smallest absolute Gasteiger partial charge is 0.238 e. The standard InChI is InChI=1S/C28H23N3O3/c1-16-7-9-22-19(15-16)8-10-23-28(20-5-3-4-6-21(20)30-27(28)34)24(25(17(2)32)31(22)23)26(33)18-11-13-29-14-12-18/h3-15,23-25H,1-2H3,(H,30,34)/t23-,24+,25-,28-/m1/s1. The molecule has 34 heavy (non-hydrogen) atoms. The number of para-hydroxylation sites is 1. The van der Waals surface area contributed by atoms with Gasteiger partial charge < -0.3 is 10.2 Å². The van der Waals surface area contributed by atoms with Crippen molar-refractivity contribution in [3.63, 3.8) is 0 Å². The van der Waals surface area contributed by atoms with Crippen LogP contribution in [0.4, 0.5) is 11.4 Å². The molecule has 1 aromatic heterocycles. The summed E-state index contributed by atoms with van der Waals surface area (Å²) >= 11 is 0. The summed E-state index contributed by atoms with van der Waals surface area (Å²) in [4.78, 5) is 47.5. The monoisotopic (exact) mass is 449 g/mol. The molecular weight excluding hydrogens is 426 g/mol. The summed E-state index contributed by atoms with van der Waals surface area (Å²) in [6.07, 6.45) is 7.12. The third-order valence-electron chi connectivity index (χ3n) is 7.45. The van der Waals surface area contributed by atoms with Crippen LogP contribution in [0.2, 0.25) is 0 Å². The first-order valence-electron chi connectivity index (χ1n) is 11.4. The molecule has 4 atom stereocenters. The van der Waals surface area contributed by atoms with Gasteiger partial charge in [-0.1, -0.05) is 42.0 Å². The predicted molar refractivity (Wildman–Crippen MR) is 130 cm³/mol. The fourth-order valence-corrected chi connectivity index (χ4v) is 6.15. The predicted octanol–water partition coefficient (Wildman–Crippen LogP) is 3.95. The number of hydrogen-bond acceptors (Lipinski definition) is 5. The lowest BCUT2D eigenvalue weighted by Crippen LogP contribution is -2.51. The first kappa shape index (κ1) is 20.5. The Labute approximate surface area is 197 Å². The average molecular weight is 450 g/mol. The number of hydrogen-bond donors (Lipinski definition) is 1.